The van der Waals surface area contributed by atoms with E-state index in [2.05, 4.69) is 0 Å². The first-order valence-corrected chi connectivity index (χ1v) is 11.7. The van der Waals surface area contributed by atoms with E-state index in [0.717, 1.165) is 29.3 Å². The zero-order chi connectivity index (χ0) is 25.7. The fourth-order valence-corrected chi connectivity index (χ4v) is 4.52. The maximum Gasteiger partial charge on any atom is 0.305 e. The molecular weight excluding hydrogens is 463 g/mol. The first-order valence-electron chi connectivity index (χ1n) is 11.7. The smallest absolute Gasteiger partial charge is 0.305 e. The Morgan fingerprint density at radius 1 is 0.778 bits per heavy atom. The van der Waals surface area contributed by atoms with Crippen LogP contribution in [0.2, 0.25) is 0 Å². The third-order valence-corrected chi connectivity index (χ3v) is 6.36. The number of carbonyl (C=O) groups is 1. The summed E-state index contributed by atoms with van der Waals surface area (Å²) in [6, 6.07) is 25.7. The van der Waals surface area contributed by atoms with E-state index in [1.54, 1.807) is 0 Å². The van der Waals surface area contributed by atoms with Crippen LogP contribution in [0.15, 0.2) is 97.1 Å². The minimum Gasteiger partial charge on any atom is -0.481 e. The zero-order valence-electron chi connectivity index (χ0n) is 19.7. The summed E-state index contributed by atoms with van der Waals surface area (Å²) in [7, 11) is 0. The summed E-state index contributed by atoms with van der Waals surface area (Å²) in [4.78, 5) is 14.0. The Morgan fingerprint density at radius 3 is 2.00 bits per heavy atom. The van der Waals surface area contributed by atoms with Crippen molar-refractivity contribution in [2.24, 2.45) is 0 Å². The van der Waals surface area contributed by atoms with Gasteiger partial charge in [0, 0.05) is 24.2 Å². The molecule has 0 bridgehead atoms. The summed E-state index contributed by atoms with van der Waals surface area (Å²) in [6.07, 6.45) is -0.283. The number of aliphatic carboxylic acids is 1. The molecule has 0 aromatic heterocycles. The number of nitrogens with zero attached hydrogens (tertiary/aromatic N) is 1. The van der Waals surface area contributed by atoms with Crippen molar-refractivity contribution in [1.29, 1.82) is 0 Å². The molecule has 0 radical (unpaired) electrons. The maximum atomic E-state index is 14.8. The summed E-state index contributed by atoms with van der Waals surface area (Å²) in [5.74, 6) is -3.61. The van der Waals surface area contributed by atoms with Crippen molar-refractivity contribution >= 4 is 5.97 Å². The van der Waals surface area contributed by atoms with Gasteiger partial charge in [0.2, 0.25) is 0 Å². The van der Waals surface area contributed by atoms with Crippen LogP contribution in [-0.2, 0) is 11.3 Å². The van der Waals surface area contributed by atoms with Crippen molar-refractivity contribution in [3.8, 4) is 11.1 Å². The highest BCUT2D eigenvalue weighted by Gasteiger charge is 2.29. The van der Waals surface area contributed by atoms with Gasteiger partial charge in [-0.05, 0) is 47.9 Å². The van der Waals surface area contributed by atoms with E-state index in [1.807, 2.05) is 72.5 Å². The van der Waals surface area contributed by atoms with Crippen LogP contribution in [0.25, 0.3) is 11.1 Å². The van der Waals surface area contributed by atoms with Crippen molar-refractivity contribution in [2.45, 2.75) is 32.0 Å². The minimum atomic E-state index is -1.04. The molecule has 4 rings (SSSR count). The Kier molecular flexibility index (Phi) is 7.86. The summed E-state index contributed by atoms with van der Waals surface area (Å²) >= 11 is 0. The molecule has 0 heterocycles. The van der Waals surface area contributed by atoms with Gasteiger partial charge in [0.15, 0.2) is 0 Å². The number of hydrogen-bond acceptors (Lipinski definition) is 2. The molecule has 0 amide bonds. The lowest BCUT2D eigenvalue weighted by Gasteiger charge is -2.37. The number of carboxylic acids is 1. The van der Waals surface area contributed by atoms with Gasteiger partial charge < -0.3 is 5.11 Å². The zero-order valence-corrected chi connectivity index (χ0v) is 19.7. The molecule has 3 nitrogen and oxygen atoms in total. The Labute approximate surface area is 208 Å². The van der Waals surface area contributed by atoms with Gasteiger partial charge >= 0.3 is 5.97 Å². The summed E-state index contributed by atoms with van der Waals surface area (Å²) in [5.41, 5.74) is 1.68. The largest absolute Gasteiger partial charge is 0.481 e. The molecular formula is C30H26F3NO2. The Balaban J connectivity index is 1.85. The average Bonchev–Trinajstić information content (AvgIpc) is 2.88. The maximum absolute atomic E-state index is 14.8. The molecule has 184 valence electrons. The molecule has 0 saturated heterocycles. The second-order valence-corrected chi connectivity index (χ2v) is 8.69. The van der Waals surface area contributed by atoms with Crippen LogP contribution in [0.1, 0.15) is 42.1 Å². The Hall–Kier alpha value is -3.90. The highest BCUT2D eigenvalue weighted by molar-refractivity contribution is 5.69. The monoisotopic (exact) mass is 489 g/mol. The lowest BCUT2D eigenvalue weighted by molar-refractivity contribution is -0.138. The standard InChI is InChI=1S/C30H26F3NO2/c1-20(22-11-6-3-7-12-22)34(19-21-9-4-2-5-10-21)28(18-29(35)36)23-15-16-25(31)24(17-23)30-26(32)13-8-14-27(30)33/h2-17,20,28H,18-19H2,1H3,(H,35,36)/t20-,28?/m1/s1. The van der Waals surface area contributed by atoms with Crippen molar-refractivity contribution in [3.05, 3.63) is 131 Å². The van der Waals surface area contributed by atoms with Gasteiger partial charge in [-0.3, -0.25) is 9.69 Å². The third kappa shape index (κ3) is 5.66. The Bertz CT molecular complexity index is 1310. The number of halogens is 3. The van der Waals surface area contributed by atoms with Crippen LogP contribution in [0.5, 0.6) is 0 Å². The van der Waals surface area contributed by atoms with Crippen LogP contribution in [0.4, 0.5) is 13.2 Å². The second-order valence-electron chi connectivity index (χ2n) is 8.69. The Morgan fingerprint density at radius 2 is 1.39 bits per heavy atom. The van der Waals surface area contributed by atoms with Gasteiger partial charge in [0.25, 0.3) is 0 Å². The quantitative estimate of drug-likeness (QED) is 0.264. The minimum absolute atomic E-state index is 0.213. The van der Waals surface area contributed by atoms with Gasteiger partial charge in [0.05, 0.1) is 12.0 Å². The van der Waals surface area contributed by atoms with Crippen molar-refractivity contribution in [3.63, 3.8) is 0 Å². The molecule has 0 aliphatic rings. The highest BCUT2D eigenvalue weighted by atomic mass is 19.1. The summed E-state index contributed by atoms with van der Waals surface area (Å²) in [6.45, 7) is 2.39. The molecule has 0 aliphatic heterocycles. The van der Waals surface area contributed by atoms with Crippen LogP contribution in [-0.4, -0.2) is 16.0 Å². The van der Waals surface area contributed by atoms with Gasteiger partial charge in [-0.1, -0.05) is 72.8 Å². The van der Waals surface area contributed by atoms with E-state index in [0.29, 0.717) is 12.1 Å². The second kappa shape index (κ2) is 11.2. The predicted molar refractivity (Wildman–Crippen MR) is 134 cm³/mol. The van der Waals surface area contributed by atoms with E-state index in [4.69, 9.17) is 0 Å². The first-order chi connectivity index (χ1) is 17.3. The van der Waals surface area contributed by atoms with Crippen LogP contribution < -0.4 is 0 Å². The molecule has 0 fully saturated rings. The summed E-state index contributed by atoms with van der Waals surface area (Å²) in [5, 5.41) is 9.82. The molecule has 2 atom stereocenters. The topological polar surface area (TPSA) is 40.5 Å². The molecule has 1 N–H and O–H groups in total. The molecule has 4 aromatic rings. The lowest BCUT2D eigenvalue weighted by Crippen LogP contribution is -2.33. The van der Waals surface area contributed by atoms with Crippen LogP contribution in [0, 0.1) is 17.5 Å². The predicted octanol–water partition coefficient (Wildman–Crippen LogP) is 7.55. The molecule has 6 heteroatoms. The van der Waals surface area contributed by atoms with Gasteiger partial charge in [0.1, 0.15) is 17.5 Å². The highest BCUT2D eigenvalue weighted by Crippen LogP contribution is 2.37. The molecule has 0 spiro atoms. The number of hydrogen-bond donors (Lipinski definition) is 1. The van der Waals surface area contributed by atoms with Crippen molar-refractivity contribution in [1.82, 2.24) is 4.90 Å². The number of benzene rings is 4. The molecule has 4 aromatic carbocycles. The van der Waals surface area contributed by atoms with E-state index >= 15 is 0 Å². The molecule has 0 saturated carbocycles. The summed E-state index contributed by atoms with van der Waals surface area (Å²) < 4.78 is 43.9. The normalized spacial score (nSPS) is 12.9. The van der Waals surface area contributed by atoms with Gasteiger partial charge in [-0.15, -0.1) is 0 Å². The third-order valence-electron chi connectivity index (χ3n) is 6.36. The fraction of sp³-hybridized carbons (Fsp3) is 0.167. The van der Waals surface area contributed by atoms with Crippen molar-refractivity contribution in [2.75, 3.05) is 0 Å². The van der Waals surface area contributed by atoms with Gasteiger partial charge in [-0.2, -0.15) is 0 Å². The van der Waals surface area contributed by atoms with E-state index in [9.17, 15) is 23.1 Å². The van der Waals surface area contributed by atoms with E-state index < -0.39 is 35.0 Å². The fourth-order valence-electron chi connectivity index (χ4n) is 4.52. The first kappa shape index (κ1) is 25.2. The van der Waals surface area contributed by atoms with E-state index in [-0.39, 0.29) is 18.0 Å². The number of rotatable bonds is 9. The average molecular weight is 490 g/mol. The number of carboxylic acid groups (broad SMARTS) is 1. The lowest BCUT2D eigenvalue weighted by atomic mass is 9.93. The van der Waals surface area contributed by atoms with E-state index in [1.165, 1.54) is 18.2 Å². The molecule has 0 aliphatic carbocycles. The SMILES string of the molecule is C[C@H](c1ccccc1)N(Cc1ccccc1)C(CC(=O)O)c1ccc(F)c(-c2c(F)cccc2F)c1. The molecule has 1 unspecified atom stereocenters. The van der Waals surface area contributed by atoms with Crippen LogP contribution in [0.3, 0.4) is 0 Å². The van der Waals surface area contributed by atoms with Crippen LogP contribution >= 0.6 is 0 Å². The molecule has 36 heavy (non-hydrogen) atoms. The van der Waals surface area contributed by atoms with Gasteiger partial charge in [-0.25, -0.2) is 13.2 Å². The van der Waals surface area contributed by atoms with Crippen molar-refractivity contribution < 1.29 is 23.1 Å².